The van der Waals surface area contributed by atoms with E-state index in [-0.39, 0.29) is 0 Å². The molecular weight excluding hydrogens is 1930 g/mol. The Kier molecular flexibility index (Phi) is 29.0. The van der Waals surface area contributed by atoms with Crippen LogP contribution in [0.1, 0.15) is 111 Å². The lowest BCUT2D eigenvalue weighted by Crippen LogP contribution is -2.63. The number of aromatic hydroxyl groups is 25. The van der Waals surface area contributed by atoms with Crippen LogP contribution in [-0.2, 0) is 28.4 Å². The van der Waals surface area contributed by atoms with Crippen LogP contribution >= 0.6 is 11.8 Å². The lowest BCUT2D eigenvalue weighted by Gasteiger charge is -2.43. The van der Waals surface area contributed by atoms with Gasteiger partial charge in [-0.3, -0.25) is 0 Å². The van der Waals surface area contributed by atoms with Gasteiger partial charge < -0.3 is 190 Å². The maximum absolute atomic E-state index is 15.3. The molecule has 143 heavy (non-hydrogen) atoms. The van der Waals surface area contributed by atoms with E-state index in [2.05, 4.69) is 79.3 Å². The zero-order valence-corrected chi connectivity index (χ0v) is 73.6. The lowest BCUT2D eigenvalue weighted by atomic mass is 9.97. The molecule has 25 N–H and O–H groups in total. The number of hydrogen-bond acceptors (Lipinski definition) is 49. The van der Waals surface area contributed by atoms with Gasteiger partial charge in [0.25, 0.3) is 0 Å². The van der Waals surface area contributed by atoms with Crippen LogP contribution in [0.3, 0.4) is 0 Å². The zero-order chi connectivity index (χ0) is 104. The number of carbonyl (C=O) groups is 10. The topological polar surface area (TPSA) is 784 Å². The summed E-state index contributed by atoms with van der Waals surface area (Å²) in [6.45, 7) is 2.77. The van der Waals surface area contributed by atoms with Gasteiger partial charge in [0.1, 0.15) is 12.7 Å². The number of ether oxygens (including phenoxy) is 11. The number of phenols is 25. The smallest absolute Gasteiger partial charge is 0.343 e. The molecule has 0 aliphatic carbocycles. The van der Waals surface area contributed by atoms with Crippen LogP contribution < -0.4 is 28.6 Å². The fourth-order valence-electron chi connectivity index (χ4n) is 13.8. The van der Waals surface area contributed by atoms with Gasteiger partial charge in [-0.2, -0.15) is 0 Å². The SMILES string of the molecule is CC(CN(C)C)CN1c2ccccc2Sc2ccccc21.O=C(OC[C@H]1O[C@@H](OC(=O)c2cc(O)c(O)c(OC(=O)c3cc(O)c(O)c(O)c3)c2)[C@H](OC(=O)c2cc(O)c(O)c(OC(=O)c3cc(O)c(O)c(O)c3)c2)[C@@H](OC(=O)c2cc(O)c(O)c(OC(=O)c3cc(O)c(O)c(O)c3)c2)[C@@H]1OC(=O)c1cc(O)c(O)c(OC(=O)c2cc(O)c(O)c(O)c2)c1)c1cc(O)c(O)c(OC(=O)c2cc(O)c(O)c(O)c2)c1. The van der Waals surface area contributed by atoms with E-state index in [1.807, 2.05) is 11.8 Å². The van der Waals surface area contributed by atoms with Crippen LogP contribution in [0.15, 0.2) is 180 Å². The molecule has 0 aromatic heterocycles. The minimum atomic E-state index is -3.12. The molecule has 0 bridgehead atoms. The maximum Gasteiger partial charge on any atom is 0.343 e. The number of para-hydroxylation sites is 2. The standard InChI is InChI=1S/C76H52O46.C18H22N2S/c77-32-1-22(2-33(78)53(32)92)67(103)113-47-16-27(11-42(87)58(47)97)66(102)112-21-52-63(119-72(108)28-12-43(88)59(98)48(17-28)114-68(104)23-3-34(79)54(93)35(80)4-23)64(120-73(109)29-13-44(89)60(99)49(18-29)115-69(105)24-5-36(81)55(94)37(82)6-24)65(121-74(110)30-14-45(90)61(100)50(19-30)116-70(106)25-7-38(83)56(95)39(84)8-25)76(118-52)122-75(111)31-15-46(91)62(101)51(20-31)117-71(107)26-9-40(85)57(96)41(86)10-26;1-14(12-19(2)3)13-20-15-8-4-6-10-17(15)21-18-11-7-5-9-16(18)20/h1-20,52,63-65,76-101H,21H2;4-11,14H,12-13H2,1-3H3/t52-,63-,64+,65-,76+;/m1./s1. The molecule has 12 aromatic rings. The Hall–Kier alpha value is -19.6. The molecule has 0 saturated carbocycles. The first kappa shape index (κ1) is 101. The highest BCUT2D eigenvalue weighted by Crippen LogP contribution is 2.51. The predicted molar refractivity (Wildman–Crippen MR) is 475 cm³/mol. The molecule has 2 heterocycles. The molecule has 0 amide bonds. The lowest BCUT2D eigenvalue weighted by molar-refractivity contribution is -0.282. The predicted octanol–water partition coefficient (Wildman–Crippen LogP) is 9.33. The van der Waals surface area contributed by atoms with Crippen molar-refractivity contribution in [2.75, 3.05) is 38.7 Å². The Morgan fingerprint density at radius 3 is 0.783 bits per heavy atom. The van der Waals surface area contributed by atoms with Crippen molar-refractivity contribution in [3.05, 3.63) is 225 Å². The van der Waals surface area contributed by atoms with Crippen molar-refractivity contribution in [3.8, 4) is 172 Å². The van der Waals surface area contributed by atoms with Gasteiger partial charge in [-0.15, -0.1) is 0 Å². The molecule has 6 atom stereocenters. The van der Waals surface area contributed by atoms with Crippen LogP contribution in [0.4, 0.5) is 11.4 Å². The van der Waals surface area contributed by atoms with Crippen molar-refractivity contribution in [2.45, 2.75) is 47.4 Å². The molecule has 742 valence electrons. The number of phenolic OH excluding ortho intramolecular Hbond substituents is 25. The normalized spacial score (nSPS) is 14.7. The molecule has 1 fully saturated rings. The molecule has 12 aromatic carbocycles. The van der Waals surface area contributed by atoms with Crippen LogP contribution in [0, 0.1) is 5.92 Å². The Labute approximate surface area is 801 Å². The molecule has 1 saturated heterocycles. The van der Waals surface area contributed by atoms with E-state index in [1.165, 1.54) is 21.2 Å². The summed E-state index contributed by atoms with van der Waals surface area (Å²) in [5.74, 6) is -55.4. The van der Waals surface area contributed by atoms with E-state index < -0.39 is 325 Å². The van der Waals surface area contributed by atoms with E-state index in [1.54, 1.807) is 0 Å². The number of benzene rings is 12. The number of nitrogens with zero attached hydrogens (tertiary/aromatic N) is 2. The van der Waals surface area contributed by atoms with Crippen LogP contribution in [0.5, 0.6) is 172 Å². The van der Waals surface area contributed by atoms with Gasteiger partial charge in [0.2, 0.25) is 41.1 Å². The summed E-state index contributed by atoms with van der Waals surface area (Å²) in [6.07, 6.45) is -15.1. The third-order valence-electron chi connectivity index (χ3n) is 20.6. The van der Waals surface area contributed by atoms with Gasteiger partial charge in [-0.05, 0) is 166 Å². The third kappa shape index (κ3) is 22.1. The van der Waals surface area contributed by atoms with Crippen molar-refractivity contribution in [1.29, 1.82) is 0 Å². The summed E-state index contributed by atoms with van der Waals surface area (Å²) in [4.78, 5) is 150. The first-order chi connectivity index (χ1) is 67.5. The van der Waals surface area contributed by atoms with E-state index in [0.717, 1.165) is 13.1 Å². The van der Waals surface area contributed by atoms with Crippen LogP contribution in [0.25, 0.3) is 0 Å². The summed E-state index contributed by atoms with van der Waals surface area (Å²) in [5.41, 5.74) is -7.21. The number of esters is 10. The molecular formula is C94H74N2O46S. The van der Waals surface area contributed by atoms with Crippen molar-refractivity contribution in [2.24, 2.45) is 5.92 Å². The minimum absolute atomic E-state index is 0.295. The number of carbonyl (C=O) groups excluding carboxylic acids is 10. The fraction of sp³-hybridized carbons (Fsp3) is 0.128. The molecule has 1 unspecified atom stereocenters. The monoisotopic (exact) mass is 2000 g/mol. The zero-order valence-electron chi connectivity index (χ0n) is 72.8. The van der Waals surface area contributed by atoms with Crippen molar-refractivity contribution in [1.82, 2.24) is 4.90 Å². The molecule has 49 heteroatoms. The minimum Gasteiger partial charge on any atom is -0.504 e. The van der Waals surface area contributed by atoms with E-state index >= 15 is 14.4 Å². The number of rotatable bonds is 25. The van der Waals surface area contributed by atoms with Gasteiger partial charge >= 0.3 is 59.7 Å². The van der Waals surface area contributed by atoms with Gasteiger partial charge in [-0.25, -0.2) is 47.9 Å². The van der Waals surface area contributed by atoms with Gasteiger partial charge in [0.05, 0.1) is 67.0 Å². The summed E-state index contributed by atoms with van der Waals surface area (Å²) < 4.78 is 60.4. The quantitative estimate of drug-likeness (QED) is 0.0110. The fourth-order valence-corrected chi connectivity index (χ4v) is 14.9. The number of anilines is 2. The molecule has 14 rings (SSSR count). The first-order valence-electron chi connectivity index (χ1n) is 40.6. The second-order valence-corrected chi connectivity index (χ2v) is 32.2. The average molecular weight is 2000 g/mol. The number of fused-ring (bicyclic) bond motifs is 2. The van der Waals surface area contributed by atoms with Gasteiger partial charge in [0.15, 0.2) is 156 Å². The van der Waals surface area contributed by atoms with E-state index in [4.69, 9.17) is 52.1 Å². The summed E-state index contributed by atoms with van der Waals surface area (Å²) in [5, 5.41) is 261. The molecule has 2 aliphatic rings. The summed E-state index contributed by atoms with van der Waals surface area (Å²) >= 11 is 1.88. The molecule has 2 aliphatic heterocycles. The highest BCUT2D eigenvalue weighted by atomic mass is 32.2. The van der Waals surface area contributed by atoms with Crippen LogP contribution in [0.2, 0.25) is 0 Å². The number of hydrogen-bond donors (Lipinski definition) is 25. The Morgan fingerprint density at radius 2 is 0.517 bits per heavy atom. The van der Waals surface area contributed by atoms with Crippen LogP contribution in [-0.4, -0.2) is 257 Å². The molecule has 0 radical (unpaired) electrons. The second-order valence-electron chi connectivity index (χ2n) is 31.1. The largest absolute Gasteiger partial charge is 0.504 e. The van der Waals surface area contributed by atoms with Crippen molar-refractivity contribution in [3.63, 3.8) is 0 Å². The Balaban J connectivity index is 0.000000717. The Morgan fingerprint density at radius 1 is 0.294 bits per heavy atom. The van der Waals surface area contributed by atoms with Crippen molar-refractivity contribution >= 4 is 82.8 Å². The summed E-state index contributed by atoms with van der Waals surface area (Å²) in [6, 6.07) is 26.0. The highest BCUT2D eigenvalue weighted by Gasteiger charge is 2.55. The van der Waals surface area contributed by atoms with Crippen molar-refractivity contribution < 1.29 is 228 Å². The maximum atomic E-state index is 15.3. The molecule has 48 nitrogen and oxygen atoms in total. The van der Waals surface area contributed by atoms with Gasteiger partial charge in [0, 0.05) is 22.9 Å². The third-order valence-corrected chi connectivity index (χ3v) is 21.7. The highest BCUT2D eigenvalue weighted by molar-refractivity contribution is 7.99. The van der Waals surface area contributed by atoms with E-state index in [9.17, 15) is 161 Å². The first-order valence-corrected chi connectivity index (χ1v) is 41.4. The molecule has 0 spiro atoms. The second kappa shape index (κ2) is 41.1. The van der Waals surface area contributed by atoms with E-state index in [0.29, 0.717) is 127 Å². The van der Waals surface area contributed by atoms with Gasteiger partial charge in [-0.1, -0.05) is 43.0 Å². The average Bonchev–Trinajstić information content (AvgIpc) is 0.765. The summed E-state index contributed by atoms with van der Waals surface area (Å²) in [7, 11) is 4.29. The Bertz CT molecular complexity index is 7040.